The number of aromatic nitrogens is 3. The first-order chi connectivity index (χ1) is 4.18. The molecule has 8 heteroatoms. The summed E-state index contributed by atoms with van der Waals surface area (Å²) in [6.45, 7) is 0. The number of H-pyrrole nitrogens is 3. The van der Waals surface area contributed by atoms with Crippen LogP contribution in [0.15, 0.2) is 0 Å². The smallest absolute Gasteiger partial charge is 0.309 e. The van der Waals surface area contributed by atoms with E-state index in [0.29, 0.717) is 14.3 Å². The Morgan fingerprint density at radius 3 is 1.00 bits per heavy atom. The molecular weight excluding hydrogens is 220 g/mol. The first-order valence-electron chi connectivity index (χ1n) is 2.11. The van der Waals surface area contributed by atoms with Gasteiger partial charge >= 0.3 is 59.1 Å². The van der Waals surface area contributed by atoms with Crippen LogP contribution in [0.3, 0.4) is 0 Å². The van der Waals surface area contributed by atoms with Gasteiger partial charge in [-0.15, -0.1) is 0 Å². The van der Waals surface area contributed by atoms with Crippen molar-refractivity contribution >= 4 is 36.7 Å². The molecule has 0 unspecified atom stereocenters. The second kappa shape index (κ2) is 7.11. The quantitative estimate of drug-likeness (QED) is 0.309. The van der Waals surface area contributed by atoms with Crippen LogP contribution in [0.2, 0.25) is 0 Å². The second-order valence-electron chi connectivity index (χ2n) is 1.36. The molecule has 0 amide bonds. The summed E-state index contributed by atoms with van der Waals surface area (Å²) in [5.41, 5.74) is 0. The van der Waals surface area contributed by atoms with E-state index in [2.05, 4.69) is 15.0 Å². The molecule has 0 aliphatic heterocycles. The molecule has 1 aromatic rings. The minimum atomic E-state index is 0. The summed E-state index contributed by atoms with van der Waals surface area (Å²) in [5, 5.41) is 0. The van der Waals surface area contributed by atoms with E-state index < -0.39 is 0 Å². The summed E-state index contributed by atoms with van der Waals surface area (Å²) in [4.78, 5) is 7.99. The van der Waals surface area contributed by atoms with Crippen LogP contribution in [0.4, 0.5) is 0 Å². The van der Waals surface area contributed by atoms with Crippen molar-refractivity contribution in [2.24, 2.45) is 0 Å². The fraction of sp³-hybridized carbons (Fsp3) is 0. The van der Waals surface area contributed by atoms with Gasteiger partial charge < -0.3 is 15.0 Å². The second-order valence-corrected chi connectivity index (χ2v) is 2.59. The third kappa shape index (κ3) is 5.84. The van der Waals surface area contributed by atoms with E-state index in [1.165, 1.54) is 0 Å². The first kappa shape index (κ1) is 15.2. The van der Waals surface area contributed by atoms with Gasteiger partial charge in [-0.2, -0.15) is 0 Å². The summed E-state index contributed by atoms with van der Waals surface area (Å²) in [6, 6.07) is 0. The van der Waals surface area contributed by atoms with E-state index in [0.717, 1.165) is 0 Å². The van der Waals surface area contributed by atoms with Crippen molar-refractivity contribution in [1.82, 2.24) is 15.0 Å². The maximum atomic E-state index is 4.72. The van der Waals surface area contributed by atoms with Gasteiger partial charge in [0.1, 0.15) is 0 Å². The molecule has 0 saturated carbocycles. The summed E-state index contributed by atoms with van der Waals surface area (Å²) < 4.78 is 1.34. The zero-order valence-electron chi connectivity index (χ0n) is 6.22. The Hall–Kier alpha value is 1.67. The van der Waals surface area contributed by atoms with Crippen molar-refractivity contribution in [1.29, 1.82) is 0 Å². The van der Waals surface area contributed by atoms with Crippen LogP contribution in [0.1, 0.15) is 0 Å². The third-order valence-electron chi connectivity index (χ3n) is 0.681. The molecule has 0 bridgehead atoms. The van der Waals surface area contributed by atoms with E-state index in [4.69, 9.17) is 36.7 Å². The number of hydrogen-bond donors (Lipinski definition) is 3. The molecule has 0 saturated heterocycles. The SMILES string of the molecule is S=c1[nH]c(=S)[nH]c(=S)[nH]1.[Na+].[Na+]. The van der Waals surface area contributed by atoms with Crippen molar-refractivity contribution in [3.8, 4) is 0 Å². The van der Waals surface area contributed by atoms with Crippen LogP contribution in [0, 0.1) is 14.3 Å². The Morgan fingerprint density at radius 1 is 0.636 bits per heavy atom. The minimum Gasteiger partial charge on any atom is -0.309 e. The Bertz CT molecular complexity index is 284. The number of nitrogens with one attached hydrogen (secondary N) is 3. The molecule has 0 aromatic carbocycles. The van der Waals surface area contributed by atoms with E-state index in [-0.39, 0.29) is 59.1 Å². The van der Waals surface area contributed by atoms with Crippen molar-refractivity contribution in [2.75, 3.05) is 0 Å². The van der Waals surface area contributed by atoms with Crippen LogP contribution in [-0.4, -0.2) is 15.0 Å². The fourth-order valence-corrected chi connectivity index (χ4v) is 1.21. The predicted molar refractivity (Wildman–Crippen MR) is 42.0 cm³/mol. The Kier molecular flexibility index (Phi) is 9.80. The first-order valence-corrected chi connectivity index (χ1v) is 3.34. The van der Waals surface area contributed by atoms with Crippen LogP contribution < -0.4 is 59.1 Å². The Labute approximate surface area is 123 Å². The molecule has 1 aromatic heterocycles. The molecule has 48 valence electrons. The molecule has 3 nitrogen and oxygen atoms in total. The van der Waals surface area contributed by atoms with Gasteiger partial charge in [-0.25, -0.2) is 0 Å². The number of rotatable bonds is 0. The van der Waals surface area contributed by atoms with Crippen molar-refractivity contribution in [3.63, 3.8) is 0 Å². The predicted octanol–water partition coefficient (Wildman–Crippen LogP) is -4.13. The molecular formula is C3H3N3Na2S3+2. The molecule has 0 atom stereocenters. The van der Waals surface area contributed by atoms with Crippen LogP contribution >= 0.6 is 36.7 Å². The molecule has 11 heavy (non-hydrogen) atoms. The van der Waals surface area contributed by atoms with Gasteiger partial charge in [-0.1, -0.05) is 0 Å². The summed E-state index contributed by atoms with van der Waals surface area (Å²) in [7, 11) is 0. The van der Waals surface area contributed by atoms with Gasteiger partial charge in [0.15, 0.2) is 14.3 Å². The zero-order valence-corrected chi connectivity index (χ0v) is 12.7. The molecule has 1 rings (SSSR count). The summed E-state index contributed by atoms with van der Waals surface area (Å²) in [5.74, 6) is 0. The standard InChI is InChI=1S/C3H3N3S3.2Na/c7-1-4-2(8)6-3(9)5-1;;/h(H3,4,5,6,7,8,9);;/q;2*+1. The molecule has 1 heterocycles. The van der Waals surface area contributed by atoms with E-state index >= 15 is 0 Å². The van der Waals surface area contributed by atoms with Gasteiger partial charge in [0.2, 0.25) is 0 Å². The maximum Gasteiger partial charge on any atom is 1.00 e. The number of hydrogen-bond acceptors (Lipinski definition) is 3. The fourth-order valence-electron chi connectivity index (χ4n) is 0.403. The van der Waals surface area contributed by atoms with Gasteiger partial charge in [0.05, 0.1) is 0 Å². The van der Waals surface area contributed by atoms with Gasteiger partial charge in [0, 0.05) is 0 Å². The molecule has 0 fully saturated rings. The van der Waals surface area contributed by atoms with Crippen molar-refractivity contribution in [3.05, 3.63) is 14.3 Å². The Balaban J connectivity index is 0. The molecule has 3 N–H and O–H groups in total. The van der Waals surface area contributed by atoms with Crippen LogP contribution in [-0.2, 0) is 0 Å². The molecule has 0 aliphatic carbocycles. The van der Waals surface area contributed by atoms with E-state index in [1.54, 1.807) is 0 Å². The van der Waals surface area contributed by atoms with Crippen molar-refractivity contribution < 1.29 is 59.1 Å². The third-order valence-corrected chi connectivity index (χ3v) is 1.29. The van der Waals surface area contributed by atoms with Gasteiger partial charge in [0.25, 0.3) is 0 Å². The summed E-state index contributed by atoms with van der Waals surface area (Å²) >= 11 is 14.2. The topological polar surface area (TPSA) is 47.4 Å². The summed E-state index contributed by atoms with van der Waals surface area (Å²) in [6.07, 6.45) is 0. The average molecular weight is 223 g/mol. The molecule has 0 spiro atoms. The number of aromatic amines is 3. The normalized spacial score (nSPS) is 7.64. The monoisotopic (exact) mass is 223 g/mol. The Morgan fingerprint density at radius 2 is 0.818 bits per heavy atom. The molecule has 0 aliphatic rings. The minimum absolute atomic E-state index is 0. The van der Waals surface area contributed by atoms with Gasteiger partial charge in [-0.3, -0.25) is 0 Å². The van der Waals surface area contributed by atoms with Crippen LogP contribution in [0.25, 0.3) is 0 Å². The zero-order chi connectivity index (χ0) is 6.85. The molecule has 0 radical (unpaired) electrons. The average Bonchev–Trinajstić information content (AvgIpc) is 1.59. The van der Waals surface area contributed by atoms with E-state index in [9.17, 15) is 0 Å². The van der Waals surface area contributed by atoms with Crippen molar-refractivity contribution in [2.45, 2.75) is 0 Å². The van der Waals surface area contributed by atoms with Gasteiger partial charge in [-0.05, 0) is 36.7 Å². The largest absolute Gasteiger partial charge is 1.00 e. The van der Waals surface area contributed by atoms with E-state index in [1.807, 2.05) is 0 Å². The van der Waals surface area contributed by atoms with Crippen LogP contribution in [0.5, 0.6) is 0 Å². The maximum absolute atomic E-state index is 4.72.